The van der Waals surface area contributed by atoms with Crippen molar-refractivity contribution >= 4 is 22.9 Å². The fourth-order valence-electron chi connectivity index (χ4n) is 4.93. The van der Waals surface area contributed by atoms with Crippen LogP contribution < -0.4 is 10.2 Å². The Morgan fingerprint density at radius 3 is 2.06 bits per heavy atom. The molecule has 5 rings (SSSR count). The third kappa shape index (κ3) is 4.36. The molecule has 158 valence electrons. The largest absolute Gasteiger partial charge is 0.369 e. The van der Waals surface area contributed by atoms with Crippen LogP contribution in [-0.2, 0) is 0 Å². The Bertz CT molecular complexity index is 1010. The Kier molecular flexibility index (Phi) is 6.01. The fourth-order valence-corrected chi connectivity index (χ4v) is 5.29. The molecule has 1 saturated heterocycles. The predicted octanol–water partition coefficient (Wildman–Crippen LogP) is 5.00. The number of benzene rings is 3. The molecule has 3 aromatic rings. The summed E-state index contributed by atoms with van der Waals surface area (Å²) in [5, 5.41) is 3.66. The van der Waals surface area contributed by atoms with Gasteiger partial charge in [0, 0.05) is 37.8 Å². The van der Waals surface area contributed by atoms with Crippen LogP contribution in [0.1, 0.15) is 35.1 Å². The van der Waals surface area contributed by atoms with Crippen molar-refractivity contribution in [1.82, 2.24) is 10.2 Å². The molecule has 2 heterocycles. The summed E-state index contributed by atoms with van der Waals surface area (Å²) in [6.07, 6.45) is 1.07. The maximum absolute atomic E-state index is 5.89. The Hall–Kier alpha value is -2.69. The fraction of sp³-hybridized carbons (Fsp3) is 0.296. The number of hydrogen-bond donors (Lipinski definition) is 1. The summed E-state index contributed by atoms with van der Waals surface area (Å²) in [5.74, 6) is 0.290. The van der Waals surface area contributed by atoms with Gasteiger partial charge >= 0.3 is 0 Å². The number of hydrogen-bond acceptors (Lipinski definition) is 3. The molecule has 0 bridgehead atoms. The maximum atomic E-state index is 5.89. The number of rotatable bonds is 5. The zero-order chi connectivity index (χ0) is 21.0. The topological polar surface area (TPSA) is 18.5 Å². The minimum atomic E-state index is 0.149. The van der Waals surface area contributed by atoms with E-state index in [0.29, 0.717) is 5.92 Å². The molecule has 31 heavy (non-hydrogen) atoms. The lowest BCUT2D eigenvalue weighted by Crippen LogP contribution is -2.47. The van der Waals surface area contributed by atoms with E-state index < -0.39 is 0 Å². The molecule has 1 fully saturated rings. The molecule has 3 nitrogen and oxygen atoms in total. The van der Waals surface area contributed by atoms with Gasteiger partial charge in [-0.2, -0.15) is 0 Å². The van der Waals surface area contributed by atoms with E-state index in [1.165, 1.54) is 22.4 Å². The summed E-state index contributed by atoms with van der Waals surface area (Å²) in [4.78, 5) is 6.06. The molecule has 2 atom stereocenters. The van der Waals surface area contributed by atoms with Gasteiger partial charge in [0.05, 0.1) is 11.0 Å². The van der Waals surface area contributed by atoms with E-state index in [-0.39, 0.29) is 6.04 Å². The van der Waals surface area contributed by atoms with Crippen molar-refractivity contribution < 1.29 is 0 Å². The minimum absolute atomic E-state index is 0.149. The van der Waals surface area contributed by atoms with Crippen molar-refractivity contribution in [2.45, 2.75) is 18.4 Å². The highest BCUT2D eigenvalue weighted by Gasteiger charge is 2.31. The molecular formula is C27H29N3S. The minimum Gasteiger partial charge on any atom is -0.369 e. The predicted molar refractivity (Wildman–Crippen MR) is 133 cm³/mol. The van der Waals surface area contributed by atoms with Crippen LogP contribution in [0, 0.1) is 0 Å². The standard InChI is InChI=1S/C27H29N3S/c31-27-25(15-16-29-17-19-30(20-18-29)22-11-5-2-6-12-22)23-13-7-8-14-24(23)26(28-27)21-9-3-1-4-10-21/h1-14,25-26H,15-20H2,(H,28,31). The Morgan fingerprint density at radius 1 is 0.742 bits per heavy atom. The van der Waals surface area contributed by atoms with Crippen LogP contribution in [0.25, 0.3) is 0 Å². The van der Waals surface area contributed by atoms with Crippen molar-refractivity contribution in [1.29, 1.82) is 0 Å². The van der Waals surface area contributed by atoms with Crippen LogP contribution in [0.15, 0.2) is 84.9 Å². The molecule has 0 aliphatic carbocycles. The van der Waals surface area contributed by atoms with Crippen LogP contribution in [0.4, 0.5) is 5.69 Å². The monoisotopic (exact) mass is 427 g/mol. The molecular weight excluding hydrogens is 398 g/mol. The molecule has 0 spiro atoms. The van der Waals surface area contributed by atoms with E-state index >= 15 is 0 Å². The number of piperazine rings is 1. The third-order valence-electron chi connectivity index (χ3n) is 6.65. The van der Waals surface area contributed by atoms with Gasteiger partial charge < -0.3 is 10.2 Å². The summed E-state index contributed by atoms with van der Waals surface area (Å²) in [6, 6.07) is 30.4. The van der Waals surface area contributed by atoms with Crippen molar-refractivity contribution in [3.05, 3.63) is 102 Å². The maximum Gasteiger partial charge on any atom is 0.0837 e. The molecule has 0 saturated carbocycles. The Balaban J connectivity index is 1.25. The number of fused-ring (bicyclic) bond motifs is 1. The molecule has 1 N–H and O–H groups in total. The first-order valence-electron chi connectivity index (χ1n) is 11.3. The van der Waals surface area contributed by atoms with E-state index in [0.717, 1.165) is 44.1 Å². The molecule has 0 amide bonds. The lowest BCUT2D eigenvalue weighted by molar-refractivity contribution is 0.252. The molecule has 0 aromatic heterocycles. The first-order valence-corrected chi connectivity index (χ1v) is 11.7. The van der Waals surface area contributed by atoms with Gasteiger partial charge in [0.2, 0.25) is 0 Å². The van der Waals surface area contributed by atoms with Crippen molar-refractivity contribution in [2.24, 2.45) is 0 Å². The zero-order valence-electron chi connectivity index (χ0n) is 17.8. The van der Waals surface area contributed by atoms with E-state index in [4.69, 9.17) is 12.2 Å². The van der Waals surface area contributed by atoms with Gasteiger partial charge in [0.15, 0.2) is 0 Å². The summed E-state index contributed by atoms with van der Waals surface area (Å²) in [6.45, 7) is 5.47. The first kappa shape index (κ1) is 20.2. The molecule has 4 heteroatoms. The average Bonchev–Trinajstić information content (AvgIpc) is 2.84. The van der Waals surface area contributed by atoms with Crippen LogP contribution in [0.5, 0.6) is 0 Å². The van der Waals surface area contributed by atoms with Gasteiger partial charge in [-0.05, 0) is 41.8 Å². The number of anilines is 1. The third-order valence-corrected chi connectivity index (χ3v) is 7.05. The molecule has 2 unspecified atom stereocenters. The van der Waals surface area contributed by atoms with E-state index in [1.807, 2.05) is 0 Å². The normalized spacial score (nSPS) is 21.4. The molecule has 2 aliphatic heterocycles. The first-order chi connectivity index (χ1) is 15.3. The number of para-hydroxylation sites is 1. The highest BCUT2D eigenvalue weighted by atomic mass is 32.1. The summed E-state index contributed by atoms with van der Waals surface area (Å²) >= 11 is 5.89. The van der Waals surface area contributed by atoms with E-state index in [9.17, 15) is 0 Å². The van der Waals surface area contributed by atoms with Crippen molar-refractivity contribution in [3.8, 4) is 0 Å². The van der Waals surface area contributed by atoms with E-state index in [1.54, 1.807) is 0 Å². The van der Waals surface area contributed by atoms with Gasteiger partial charge in [-0.15, -0.1) is 0 Å². The van der Waals surface area contributed by atoms with Crippen LogP contribution in [0.2, 0.25) is 0 Å². The van der Waals surface area contributed by atoms with Gasteiger partial charge in [-0.1, -0.05) is 85.0 Å². The zero-order valence-corrected chi connectivity index (χ0v) is 18.6. The Morgan fingerprint density at radius 2 is 1.35 bits per heavy atom. The summed E-state index contributed by atoms with van der Waals surface area (Å²) in [7, 11) is 0. The number of nitrogens with zero attached hydrogens (tertiary/aromatic N) is 2. The van der Waals surface area contributed by atoms with Gasteiger partial charge in [-0.3, -0.25) is 4.90 Å². The smallest absolute Gasteiger partial charge is 0.0837 e. The molecule has 0 radical (unpaired) electrons. The summed E-state index contributed by atoms with van der Waals surface area (Å²) < 4.78 is 0. The second kappa shape index (κ2) is 9.21. The number of nitrogens with one attached hydrogen (secondary N) is 1. The molecule has 3 aromatic carbocycles. The highest BCUT2D eigenvalue weighted by Crippen LogP contribution is 2.36. The van der Waals surface area contributed by atoms with Crippen molar-refractivity contribution in [3.63, 3.8) is 0 Å². The van der Waals surface area contributed by atoms with Crippen molar-refractivity contribution in [2.75, 3.05) is 37.6 Å². The second-order valence-electron chi connectivity index (χ2n) is 8.49. The SMILES string of the molecule is S=C1NC(c2ccccc2)c2ccccc2C1CCN1CCN(c2ccccc2)CC1. The lowest BCUT2D eigenvalue weighted by atomic mass is 9.82. The van der Waals surface area contributed by atoms with E-state index in [2.05, 4.69) is 100 Å². The summed E-state index contributed by atoms with van der Waals surface area (Å²) in [5.41, 5.74) is 5.36. The lowest BCUT2D eigenvalue weighted by Gasteiger charge is -2.38. The van der Waals surface area contributed by atoms with Crippen LogP contribution in [-0.4, -0.2) is 42.6 Å². The van der Waals surface area contributed by atoms with Gasteiger partial charge in [0.25, 0.3) is 0 Å². The highest BCUT2D eigenvalue weighted by molar-refractivity contribution is 7.80. The number of thiocarbonyl (C=S) groups is 1. The molecule has 2 aliphatic rings. The van der Waals surface area contributed by atoms with Crippen LogP contribution in [0.3, 0.4) is 0 Å². The second-order valence-corrected chi connectivity index (χ2v) is 8.93. The van der Waals surface area contributed by atoms with Gasteiger partial charge in [0.1, 0.15) is 0 Å². The quantitative estimate of drug-likeness (QED) is 0.577. The average molecular weight is 428 g/mol. The van der Waals surface area contributed by atoms with Crippen LogP contribution >= 0.6 is 12.2 Å². The van der Waals surface area contributed by atoms with Gasteiger partial charge in [-0.25, -0.2) is 0 Å². The Labute approximate surface area is 190 Å².